The zero-order valence-corrected chi connectivity index (χ0v) is 20.6. The topological polar surface area (TPSA) is 95.7 Å². The molecule has 3 rings (SSSR count). The smallest absolute Gasteiger partial charge is 0.416 e. The average Bonchev–Trinajstić information content (AvgIpc) is 2.92. The van der Waals surface area contributed by atoms with E-state index in [1.807, 2.05) is 0 Å². The molecule has 0 saturated carbocycles. The lowest BCUT2D eigenvalue weighted by Gasteiger charge is -2.30. The van der Waals surface area contributed by atoms with Crippen molar-refractivity contribution in [2.75, 3.05) is 18.6 Å². The molecule has 0 aliphatic carbocycles. The van der Waals surface area contributed by atoms with Gasteiger partial charge < -0.3 is 14.2 Å². The van der Waals surface area contributed by atoms with Crippen molar-refractivity contribution < 1.29 is 41.0 Å². The normalized spacial score (nSPS) is 18.2. The molecule has 37 heavy (non-hydrogen) atoms. The second-order valence-electron chi connectivity index (χ2n) is 8.11. The van der Waals surface area contributed by atoms with Gasteiger partial charge in [-0.3, -0.25) is 20.5 Å². The van der Waals surface area contributed by atoms with E-state index in [1.54, 1.807) is 0 Å². The molecule has 0 aromatic heterocycles. The fourth-order valence-electron chi connectivity index (χ4n) is 3.80. The van der Waals surface area contributed by atoms with Crippen molar-refractivity contribution in [2.24, 2.45) is 0 Å². The van der Waals surface area contributed by atoms with Crippen molar-refractivity contribution in [2.45, 2.75) is 44.6 Å². The first kappa shape index (κ1) is 28.3. The van der Waals surface area contributed by atoms with Gasteiger partial charge in [0.05, 0.1) is 36.4 Å². The Hall–Kier alpha value is -3.25. The molecule has 2 aromatic rings. The lowest BCUT2D eigenvalue weighted by atomic mass is 9.96. The van der Waals surface area contributed by atoms with Gasteiger partial charge in [0, 0.05) is 18.1 Å². The third-order valence-electron chi connectivity index (χ3n) is 5.52. The standard InChI is InChI=1S/C24H23ClF5N3O4/c1-4-36-18(34)11-17-21(31)33(22(32)23(2,26)27)15-9-8-12(24(28,29)30)10-14(15)20(37-17)13-6-5-7-16(35-3)19(13)25/h5-10,17,20,31-32H,4,11H2,1-3H3/t17-,20?/m0/s1. The number of alkyl halides is 5. The van der Waals surface area contributed by atoms with Crippen LogP contribution >= 0.6 is 11.6 Å². The maximum atomic E-state index is 14.3. The van der Waals surface area contributed by atoms with Crippen LogP contribution in [0.5, 0.6) is 5.75 Å². The number of hydrogen-bond acceptors (Lipinski definition) is 6. The Morgan fingerprint density at radius 2 is 1.84 bits per heavy atom. The lowest BCUT2D eigenvalue weighted by Crippen LogP contribution is -2.49. The highest BCUT2D eigenvalue weighted by Crippen LogP contribution is 2.45. The highest BCUT2D eigenvalue weighted by Gasteiger charge is 2.44. The molecule has 1 aliphatic heterocycles. The molecule has 0 radical (unpaired) electrons. The number of ether oxygens (including phenoxy) is 3. The van der Waals surface area contributed by atoms with Crippen LogP contribution in [0.1, 0.15) is 43.1 Å². The molecule has 2 atom stereocenters. The van der Waals surface area contributed by atoms with E-state index in [-0.39, 0.29) is 34.2 Å². The predicted molar refractivity (Wildman–Crippen MR) is 126 cm³/mol. The van der Waals surface area contributed by atoms with Crippen molar-refractivity contribution in [3.8, 4) is 5.75 Å². The van der Waals surface area contributed by atoms with E-state index in [2.05, 4.69) is 0 Å². The molecule has 0 fully saturated rings. The van der Waals surface area contributed by atoms with Crippen molar-refractivity contribution in [1.29, 1.82) is 10.8 Å². The number of benzene rings is 2. The zero-order valence-electron chi connectivity index (χ0n) is 19.9. The largest absolute Gasteiger partial charge is 0.495 e. The minimum absolute atomic E-state index is 0.0221. The number of nitrogens with zero attached hydrogens (tertiary/aromatic N) is 1. The van der Waals surface area contributed by atoms with Gasteiger partial charge in [-0.15, -0.1) is 0 Å². The molecule has 2 aromatic carbocycles. The Morgan fingerprint density at radius 1 is 1.16 bits per heavy atom. The summed E-state index contributed by atoms with van der Waals surface area (Å²) in [6, 6.07) is 6.63. The number of rotatable bonds is 6. The summed E-state index contributed by atoms with van der Waals surface area (Å²) in [5.74, 6) is -6.64. The molecule has 0 saturated heterocycles. The van der Waals surface area contributed by atoms with E-state index < -0.39 is 53.9 Å². The Morgan fingerprint density at radius 3 is 2.41 bits per heavy atom. The number of esters is 1. The van der Waals surface area contributed by atoms with E-state index in [1.165, 1.54) is 32.2 Å². The molecule has 200 valence electrons. The van der Waals surface area contributed by atoms with Crippen molar-refractivity contribution in [3.05, 3.63) is 58.1 Å². The second kappa shape index (κ2) is 10.6. The maximum Gasteiger partial charge on any atom is 0.416 e. The number of methoxy groups -OCH3 is 1. The highest BCUT2D eigenvalue weighted by molar-refractivity contribution is 6.33. The molecule has 0 spiro atoms. The monoisotopic (exact) mass is 547 g/mol. The first-order valence-corrected chi connectivity index (χ1v) is 11.3. The van der Waals surface area contributed by atoms with Gasteiger partial charge in [0.15, 0.2) is 5.84 Å². The van der Waals surface area contributed by atoms with Crippen molar-refractivity contribution in [3.63, 3.8) is 0 Å². The van der Waals surface area contributed by atoms with Gasteiger partial charge in [0.1, 0.15) is 23.8 Å². The van der Waals surface area contributed by atoms with Crippen molar-refractivity contribution >= 4 is 34.9 Å². The summed E-state index contributed by atoms with van der Waals surface area (Å²) in [7, 11) is 1.32. The van der Waals surface area contributed by atoms with Gasteiger partial charge in [0.2, 0.25) is 0 Å². The summed E-state index contributed by atoms with van der Waals surface area (Å²) < 4.78 is 85.8. The van der Waals surface area contributed by atoms with Crippen LogP contribution in [-0.2, 0) is 20.4 Å². The first-order chi connectivity index (χ1) is 17.2. The van der Waals surface area contributed by atoms with Crippen molar-refractivity contribution in [1.82, 2.24) is 0 Å². The van der Waals surface area contributed by atoms with Crippen LogP contribution in [0.3, 0.4) is 0 Å². The van der Waals surface area contributed by atoms with Crippen LogP contribution in [0.2, 0.25) is 5.02 Å². The van der Waals surface area contributed by atoms with E-state index >= 15 is 0 Å². The Balaban J connectivity index is 2.34. The molecule has 1 aliphatic rings. The van der Waals surface area contributed by atoms with Crippen LogP contribution in [0.4, 0.5) is 27.6 Å². The number of nitrogens with one attached hydrogen (secondary N) is 2. The summed E-state index contributed by atoms with van der Waals surface area (Å²) in [5.41, 5.74) is -1.65. The van der Waals surface area contributed by atoms with E-state index in [0.717, 1.165) is 6.07 Å². The van der Waals surface area contributed by atoms with Crippen LogP contribution in [-0.4, -0.2) is 43.4 Å². The van der Waals surface area contributed by atoms with E-state index in [4.69, 9.17) is 36.6 Å². The van der Waals surface area contributed by atoms with Crippen LogP contribution in [0, 0.1) is 10.8 Å². The SMILES string of the molecule is CCOC(=O)C[C@@H]1OC(c2cccc(OC)c2Cl)c2cc(C(F)(F)F)ccc2N(C(=N)C(C)(F)F)C1=N. The number of fused-ring (bicyclic) bond motifs is 1. The number of amidine groups is 2. The molecular formula is C24H23ClF5N3O4. The fourth-order valence-corrected chi connectivity index (χ4v) is 4.10. The summed E-state index contributed by atoms with van der Waals surface area (Å²) in [4.78, 5) is 12.8. The number of carbonyl (C=O) groups excluding carboxylic acids is 1. The van der Waals surface area contributed by atoms with Gasteiger partial charge in [-0.2, -0.15) is 22.0 Å². The summed E-state index contributed by atoms with van der Waals surface area (Å²) in [6.07, 6.45) is -8.50. The molecule has 7 nitrogen and oxygen atoms in total. The first-order valence-electron chi connectivity index (χ1n) is 10.9. The Bertz CT molecular complexity index is 1220. The van der Waals surface area contributed by atoms with Gasteiger partial charge in [-0.1, -0.05) is 23.7 Å². The number of carbonyl (C=O) groups is 1. The summed E-state index contributed by atoms with van der Waals surface area (Å²) in [5, 5.41) is 16.7. The van der Waals surface area contributed by atoms with Crippen LogP contribution in [0.15, 0.2) is 36.4 Å². The second-order valence-corrected chi connectivity index (χ2v) is 8.48. The summed E-state index contributed by atoms with van der Waals surface area (Å²) >= 11 is 6.45. The third kappa shape index (κ3) is 5.85. The van der Waals surface area contributed by atoms with Gasteiger partial charge in [0.25, 0.3) is 0 Å². The minimum atomic E-state index is -4.81. The van der Waals surface area contributed by atoms with Gasteiger partial charge in [-0.05, 0) is 31.2 Å². The molecule has 0 bridgehead atoms. The molecule has 2 N–H and O–H groups in total. The summed E-state index contributed by atoms with van der Waals surface area (Å²) in [6.45, 7) is 1.92. The molecular weight excluding hydrogens is 525 g/mol. The minimum Gasteiger partial charge on any atom is -0.495 e. The Labute approximate surface area is 214 Å². The fraction of sp³-hybridized carbons (Fsp3) is 0.375. The average molecular weight is 548 g/mol. The molecule has 1 unspecified atom stereocenters. The van der Waals surface area contributed by atoms with Gasteiger partial charge >= 0.3 is 18.1 Å². The molecule has 0 amide bonds. The van der Waals surface area contributed by atoms with E-state index in [9.17, 15) is 26.7 Å². The number of hydrogen-bond donors (Lipinski definition) is 2. The third-order valence-corrected chi connectivity index (χ3v) is 5.92. The zero-order chi connectivity index (χ0) is 27.7. The number of halogens is 6. The van der Waals surface area contributed by atoms with Crippen LogP contribution < -0.4 is 9.64 Å². The van der Waals surface area contributed by atoms with Gasteiger partial charge in [-0.25, -0.2) is 0 Å². The maximum absolute atomic E-state index is 14.3. The quantitative estimate of drug-likeness (QED) is 0.194. The lowest BCUT2D eigenvalue weighted by molar-refractivity contribution is -0.145. The predicted octanol–water partition coefficient (Wildman–Crippen LogP) is 6.22. The molecule has 13 heteroatoms. The number of anilines is 1. The highest BCUT2D eigenvalue weighted by atomic mass is 35.5. The molecule has 1 heterocycles. The van der Waals surface area contributed by atoms with Crippen LogP contribution in [0.25, 0.3) is 0 Å². The Kier molecular flexibility index (Phi) is 8.13. The van der Waals surface area contributed by atoms with E-state index in [0.29, 0.717) is 24.0 Å².